The van der Waals surface area contributed by atoms with Gasteiger partial charge in [0.1, 0.15) is 5.56 Å². The van der Waals surface area contributed by atoms with Gasteiger partial charge in [0.15, 0.2) is 23.1 Å². The molecule has 2 heterocycles. The number of anilines is 2. The van der Waals surface area contributed by atoms with Gasteiger partial charge in [0.05, 0.1) is 17.6 Å². The molecule has 7 nitrogen and oxygen atoms in total. The van der Waals surface area contributed by atoms with E-state index in [-0.39, 0.29) is 11.6 Å². The summed E-state index contributed by atoms with van der Waals surface area (Å²) in [6.45, 7) is 2.40. The SMILES string of the molecule is CC(=O)Nc1cccc(-c2cnc(N)c(C(=O)c3c(F)nc(C)c(F)c3F)n2)c1. The van der Waals surface area contributed by atoms with Crippen LogP contribution in [0.1, 0.15) is 28.7 Å². The standard InChI is InChI=1S/C19H14F3N5O2/c1-8-14(20)15(21)13(18(22)25-8)17(29)16-19(23)24-7-12(27-16)10-4-3-5-11(6-10)26-9(2)28/h3-7H,1-2H3,(H2,23,24)(H,26,28). The molecule has 1 aromatic carbocycles. The van der Waals surface area contributed by atoms with Crippen LogP contribution < -0.4 is 11.1 Å². The first kappa shape index (κ1) is 19.9. The zero-order valence-corrected chi connectivity index (χ0v) is 15.3. The second-order valence-corrected chi connectivity index (χ2v) is 6.07. The molecule has 0 fully saturated rings. The molecule has 0 aliphatic heterocycles. The summed E-state index contributed by atoms with van der Waals surface area (Å²) in [6, 6.07) is 6.43. The molecule has 3 N–H and O–H groups in total. The Morgan fingerprint density at radius 1 is 1.10 bits per heavy atom. The zero-order valence-electron chi connectivity index (χ0n) is 15.3. The van der Waals surface area contributed by atoms with Crippen molar-refractivity contribution in [3.8, 4) is 11.3 Å². The Balaban J connectivity index is 2.08. The largest absolute Gasteiger partial charge is 0.382 e. The molecule has 3 aromatic rings. The smallest absolute Gasteiger partial charge is 0.227 e. The van der Waals surface area contributed by atoms with Gasteiger partial charge >= 0.3 is 0 Å². The van der Waals surface area contributed by atoms with Crippen molar-refractivity contribution in [3.05, 3.63) is 65.0 Å². The van der Waals surface area contributed by atoms with Gasteiger partial charge in [-0.15, -0.1) is 0 Å². The minimum Gasteiger partial charge on any atom is -0.382 e. The van der Waals surface area contributed by atoms with Crippen LogP contribution in [0.25, 0.3) is 11.3 Å². The lowest BCUT2D eigenvalue weighted by Crippen LogP contribution is -2.16. The second kappa shape index (κ2) is 7.66. The molecule has 10 heteroatoms. The lowest BCUT2D eigenvalue weighted by atomic mass is 10.1. The van der Waals surface area contributed by atoms with Gasteiger partial charge in [0.25, 0.3) is 0 Å². The molecule has 0 saturated heterocycles. The third-order valence-corrected chi connectivity index (χ3v) is 3.92. The van der Waals surface area contributed by atoms with Crippen LogP contribution in [0.2, 0.25) is 0 Å². The van der Waals surface area contributed by atoms with Gasteiger partial charge in [0, 0.05) is 18.2 Å². The molecule has 0 spiro atoms. The minimum absolute atomic E-state index is 0.149. The van der Waals surface area contributed by atoms with Gasteiger partial charge < -0.3 is 11.1 Å². The number of nitrogens with one attached hydrogen (secondary N) is 1. The van der Waals surface area contributed by atoms with E-state index in [1.807, 2.05) is 0 Å². The first-order valence-electron chi connectivity index (χ1n) is 8.25. The number of hydrogen-bond acceptors (Lipinski definition) is 6. The van der Waals surface area contributed by atoms with Crippen molar-refractivity contribution in [2.45, 2.75) is 13.8 Å². The number of halogens is 3. The van der Waals surface area contributed by atoms with Crippen molar-refractivity contribution in [3.63, 3.8) is 0 Å². The molecular formula is C19H14F3N5O2. The van der Waals surface area contributed by atoms with Gasteiger partial charge in [-0.05, 0) is 19.1 Å². The average Bonchev–Trinajstić information content (AvgIpc) is 2.66. The van der Waals surface area contributed by atoms with E-state index >= 15 is 0 Å². The predicted molar refractivity (Wildman–Crippen MR) is 98.5 cm³/mol. The topological polar surface area (TPSA) is 111 Å². The molecule has 0 aliphatic carbocycles. The van der Waals surface area contributed by atoms with Crippen molar-refractivity contribution in [2.24, 2.45) is 0 Å². The number of pyridine rings is 1. The Bertz CT molecular complexity index is 1150. The number of nitrogens with two attached hydrogens (primary N) is 1. The Hall–Kier alpha value is -3.82. The van der Waals surface area contributed by atoms with E-state index in [1.165, 1.54) is 13.1 Å². The van der Waals surface area contributed by atoms with Gasteiger partial charge in [-0.1, -0.05) is 12.1 Å². The highest BCUT2D eigenvalue weighted by atomic mass is 19.2. The summed E-state index contributed by atoms with van der Waals surface area (Å²) in [6.07, 6.45) is 1.25. The fourth-order valence-corrected chi connectivity index (χ4v) is 2.59. The third-order valence-electron chi connectivity index (χ3n) is 3.92. The summed E-state index contributed by atoms with van der Waals surface area (Å²) in [7, 11) is 0. The molecule has 0 radical (unpaired) electrons. The lowest BCUT2D eigenvalue weighted by molar-refractivity contribution is -0.114. The average molecular weight is 401 g/mol. The van der Waals surface area contributed by atoms with E-state index < -0.39 is 46.1 Å². The van der Waals surface area contributed by atoms with Gasteiger partial charge in [-0.2, -0.15) is 4.39 Å². The number of nitrogen functional groups attached to an aromatic ring is 1. The Morgan fingerprint density at radius 2 is 1.83 bits per heavy atom. The van der Waals surface area contributed by atoms with Crippen molar-refractivity contribution in [2.75, 3.05) is 11.1 Å². The highest BCUT2D eigenvalue weighted by Gasteiger charge is 2.28. The minimum atomic E-state index is -1.68. The molecule has 148 valence electrons. The second-order valence-electron chi connectivity index (χ2n) is 6.07. The Kier molecular flexibility index (Phi) is 5.26. The maximum absolute atomic E-state index is 14.2. The number of aromatic nitrogens is 3. The van der Waals surface area contributed by atoms with Crippen molar-refractivity contribution >= 4 is 23.2 Å². The quantitative estimate of drug-likeness (QED) is 0.514. The van der Waals surface area contributed by atoms with Crippen molar-refractivity contribution < 1.29 is 22.8 Å². The molecule has 0 atom stereocenters. The number of ketones is 1. The van der Waals surface area contributed by atoms with Crippen LogP contribution in [0.4, 0.5) is 24.7 Å². The molecule has 0 unspecified atom stereocenters. The van der Waals surface area contributed by atoms with E-state index in [1.54, 1.807) is 24.3 Å². The molecular weight excluding hydrogens is 387 g/mol. The van der Waals surface area contributed by atoms with Crippen molar-refractivity contribution in [1.29, 1.82) is 0 Å². The molecule has 0 bridgehead atoms. The van der Waals surface area contributed by atoms with Gasteiger partial charge in [-0.3, -0.25) is 9.59 Å². The number of carbonyl (C=O) groups excluding carboxylic acids is 2. The van der Waals surface area contributed by atoms with Crippen LogP contribution >= 0.6 is 0 Å². The highest BCUT2D eigenvalue weighted by molar-refractivity contribution is 6.10. The van der Waals surface area contributed by atoms with Crippen LogP contribution in [0, 0.1) is 24.5 Å². The first-order valence-corrected chi connectivity index (χ1v) is 8.25. The van der Waals surface area contributed by atoms with Gasteiger partial charge in [0.2, 0.25) is 17.6 Å². The number of amides is 1. The molecule has 3 rings (SSSR count). The number of nitrogens with zero attached hydrogens (tertiary/aromatic N) is 3. The normalized spacial score (nSPS) is 10.7. The van der Waals surface area contributed by atoms with E-state index in [2.05, 4.69) is 20.3 Å². The summed E-state index contributed by atoms with van der Waals surface area (Å²) in [5.74, 6) is -6.58. The van der Waals surface area contributed by atoms with Gasteiger partial charge in [-0.25, -0.2) is 23.7 Å². The summed E-state index contributed by atoms with van der Waals surface area (Å²) in [5, 5.41) is 2.59. The summed E-state index contributed by atoms with van der Waals surface area (Å²) in [5.41, 5.74) is 4.42. The predicted octanol–water partition coefficient (Wildman–Crippen LogP) is 3.04. The third kappa shape index (κ3) is 3.91. The summed E-state index contributed by atoms with van der Waals surface area (Å²) in [4.78, 5) is 34.9. The van der Waals surface area contributed by atoms with Crippen LogP contribution in [-0.2, 0) is 4.79 Å². The molecule has 0 aliphatic rings. The highest BCUT2D eigenvalue weighted by Crippen LogP contribution is 2.25. The number of benzene rings is 1. The van der Waals surface area contributed by atoms with Crippen LogP contribution in [0.15, 0.2) is 30.5 Å². The summed E-state index contributed by atoms with van der Waals surface area (Å²) >= 11 is 0. The zero-order chi connectivity index (χ0) is 21.3. The fraction of sp³-hybridized carbons (Fsp3) is 0.105. The summed E-state index contributed by atoms with van der Waals surface area (Å²) < 4.78 is 42.1. The number of rotatable bonds is 4. The van der Waals surface area contributed by atoms with Crippen LogP contribution in [0.3, 0.4) is 0 Å². The lowest BCUT2D eigenvalue weighted by Gasteiger charge is -2.10. The fourth-order valence-electron chi connectivity index (χ4n) is 2.59. The van der Waals surface area contributed by atoms with Crippen LogP contribution in [0.5, 0.6) is 0 Å². The first-order chi connectivity index (χ1) is 13.7. The number of hydrogen-bond donors (Lipinski definition) is 2. The number of aryl methyl sites for hydroxylation is 1. The molecule has 1 amide bonds. The molecule has 0 saturated carbocycles. The Labute approximate surface area is 162 Å². The number of carbonyl (C=O) groups is 2. The van der Waals surface area contributed by atoms with Crippen molar-refractivity contribution in [1.82, 2.24) is 15.0 Å². The monoisotopic (exact) mass is 401 g/mol. The van der Waals surface area contributed by atoms with E-state index in [9.17, 15) is 22.8 Å². The van der Waals surface area contributed by atoms with Crippen LogP contribution in [-0.4, -0.2) is 26.6 Å². The maximum atomic E-state index is 14.2. The Morgan fingerprint density at radius 3 is 2.52 bits per heavy atom. The van der Waals surface area contributed by atoms with E-state index in [4.69, 9.17) is 5.73 Å². The van der Waals surface area contributed by atoms with E-state index in [0.29, 0.717) is 11.3 Å². The molecule has 29 heavy (non-hydrogen) atoms. The molecule has 2 aromatic heterocycles. The van der Waals surface area contributed by atoms with E-state index in [0.717, 1.165) is 6.92 Å². The maximum Gasteiger partial charge on any atom is 0.227 e.